The predicted molar refractivity (Wildman–Crippen MR) is 68.0 cm³/mol. The molecule has 0 amide bonds. The zero-order chi connectivity index (χ0) is 12.6. The molecule has 94 valence electrons. The monoisotopic (exact) mass is 358 g/mol. The largest absolute Gasteiger partial charge is 0.466 e. The molecule has 0 heterocycles. The fourth-order valence-electron chi connectivity index (χ4n) is 1.02. The van der Waals surface area contributed by atoms with Gasteiger partial charge in [-0.25, -0.2) is 0 Å². The van der Waals surface area contributed by atoms with E-state index in [1.54, 1.807) is 13.8 Å². The molecule has 0 aromatic carbocycles. The number of carbonyl (C=O) groups excluding carboxylic acids is 2. The highest BCUT2D eigenvalue weighted by Gasteiger charge is 2.36. The third kappa shape index (κ3) is 5.30. The molecule has 0 saturated heterocycles. The second kappa shape index (κ2) is 8.06. The minimum atomic E-state index is -0.851. The van der Waals surface area contributed by atoms with Gasteiger partial charge < -0.3 is 9.47 Å². The number of hydrogen-bond donors (Lipinski definition) is 0. The van der Waals surface area contributed by atoms with Crippen LogP contribution in [0.25, 0.3) is 0 Å². The van der Waals surface area contributed by atoms with Crippen molar-refractivity contribution in [3.8, 4) is 0 Å². The number of carbonyl (C=O) groups is 2. The van der Waals surface area contributed by atoms with E-state index < -0.39 is 4.32 Å². The van der Waals surface area contributed by atoms with Crippen molar-refractivity contribution in [3.63, 3.8) is 0 Å². The Labute approximate surface area is 112 Å². The molecular weight excluding hydrogens is 344 g/mol. The highest BCUT2D eigenvalue weighted by atomic mass is 79.9. The molecule has 0 aromatic heterocycles. The summed E-state index contributed by atoms with van der Waals surface area (Å²) in [5.74, 6) is -0.673. The van der Waals surface area contributed by atoms with Gasteiger partial charge in [-0.3, -0.25) is 9.59 Å². The summed E-state index contributed by atoms with van der Waals surface area (Å²) >= 11 is 6.53. The molecule has 0 spiro atoms. The standard InChI is InChI=1S/C10H16Br2O4/c1-3-15-8(13)5-6-10(12,7-11)9(14)16-4-2/h3-7H2,1-2H3. The average Bonchev–Trinajstić information content (AvgIpc) is 2.26. The quantitative estimate of drug-likeness (QED) is 0.517. The molecule has 1 atom stereocenters. The smallest absolute Gasteiger partial charge is 0.323 e. The summed E-state index contributed by atoms with van der Waals surface area (Å²) < 4.78 is 8.87. The zero-order valence-electron chi connectivity index (χ0n) is 9.42. The van der Waals surface area contributed by atoms with E-state index in [1.807, 2.05) is 0 Å². The fourth-order valence-corrected chi connectivity index (χ4v) is 1.84. The molecule has 0 saturated carbocycles. The maximum absolute atomic E-state index is 11.6. The second-order valence-corrected chi connectivity index (χ2v) is 5.20. The fraction of sp³-hybridized carbons (Fsp3) is 0.800. The van der Waals surface area contributed by atoms with Crippen LogP contribution in [0.5, 0.6) is 0 Å². The van der Waals surface area contributed by atoms with Crippen LogP contribution < -0.4 is 0 Å². The van der Waals surface area contributed by atoms with Crippen LogP contribution in [0.2, 0.25) is 0 Å². The number of halogens is 2. The summed E-state index contributed by atoms with van der Waals surface area (Å²) in [5, 5.41) is 0.387. The predicted octanol–water partition coefficient (Wildman–Crippen LogP) is 2.42. The van der Waals surface area contributed by atoms with Gasteiger partial charge in [-0.15, -0.1) is 0 Å². The molecule has 0 rings (SSSR count). The van der Waals surface area contributed by atoms with Crippen molar-refractivity contribution < 1.29 is 19.1 Å². The molecule has 0 N–H and O–H groups in total. The van der Waals surface area contributed by atoms with E-state index in [9.17, 15) is 9.59 Å². The summed E-state index contributed by atoms with van der Waals surface area (Å²) in [5.41, 5.74) is 0. The molecule has 4 nitrogen and oxygen atoms in total. The number of alkyl halides is 2. The van der Waals surface area contributed by atoms with Gasteiger partial charge in [0.05, 0.1) is 13.2 Å². The Bertz CT molecular complexity index is 245. The van der Waals surface area contributed by atoms with E-state index in [2.05, 4.69) is 31.9 Å². The molecule has 0 bridgehead atoms. The van der Waals surface area contributed by atoms with E-state index >= 15 is 0 Å². The Morgan fingerprint density at radius 1 is 1.19 bits per heavy atom. The van der Waals surface area contributed by atoms with Gasteiger partial charge >= 0.3 is 11.9 Å². The molecular formula is C10H16Br2O4. The van der Waals surface area contributed by atoms with E-state index in [4.69, 9.17) is 9.47 Å². The van der Waals surface area contributed by atoms with Crippen molar-refractivity contribution in [1.29, 1.82) is 0 Å². The average molecular weight is 360 g/mol. The van der Waals surface area contributed by atoms with Crippen LogP contribution in [0.4, 0.5) is 0 Å². The van der Waals surface area contributed by atoms with Gasteiger partial charge in [-0.05, 0) is 20.3 Å². The first-order valence-electron chi connectivity index (χ1n) is 5.07. The first-order valence-corrected chi connectivity index (χ1v) is 6.99. The number of hydrogen-bond acceptors (Lipinski definition) is 4. The molecule has 0 aliphatic heterocycles. The van der Waals surface area contributed by atoms with Crippen molar-refractivity contribution >= 4 is 43.8 Å². The summed E-state index contributed by atoms with van der Waals surface area (Å²) in [7, 11) is 0. The van der Waals surface area contributed by atoms with Crippen molar-refractivity contribution in [2.24, 2.45) is 0 Å². The Balaban J connectivity index is 4.26. The van der Waals surface area contributed by atoms with Gasteiger partial charge in [0.1, 0.15) is 4.32 Å². The van der Waals surface area contributed by atoms with Crippen LogP contribution in [-0.4, -0.2) is 34.8 Å². The van der Waals surface area contributed by atoms with Gasteiger partial charge in [-0.1, -0.05) is 31.9 Å². The lowest BCUT2D eigenvalue weighted by Gasteiger charge is -2.22. The van der Waals surface area contributed by atoms with Crippen LogP contribution >= 0.6 is 31.9 Å². The Morgan fingerprint density at radius 3 is 2.19 bits per heavy atom. The van der Waals surface area contributed by atoms with Gasteiger partial charge in [0.25, 0.3) is 0 Å². The maximum atomic E-state index is 11.6. The topological polar surface area (TPSA) is 52.6 Å². The molecule has 1 unspecified atom stereocenters. The molecule has 0 fully saturated rings. The Morgan fingerprint density at radius 2 is 1.75 bits per heavy atom. The minimum absolute atomic E-state index is 0.184. The van der Waals surface area contributed by atoms with E-state index in [0.717, 1.165) is 0 Å². The highest BCUT2D eigenvalue weighted by Crippen LogP contribution is 2.28. The molecule has 16 heavy (non-hydrogen) atoms. The van der Waals surface area contributed by atoms with Crippen LogP contribution in [0.1, 0.15) is 26.7 Å². The van der Waals surface area contributed by atoms with Gasteiger partial charge in [-0.2, -0.15) is 0 Å². The van der Waals surface area contributed by atoms with E-state index in [1.165, 1.54) is 0 Å². The summed E-state index contributed by atoms with van der Waals surface area (Å²) in [6.07, 6.45) is 0.527. The third-order valence-corrected chi connectivity index (χ3v) is 4.59. The minimum Gasteiger partial charge on any atom is -0.466 e. The molecule has 0 aliphatic rings. The van der Waals surface area contributed by atoms with Crippen molar-refractivity contribution in [1.82, 2.24) is 0 Å². The Kier molecular flexibility index (Phi) is 8.01. The number of ether oxygens (including phenoxy) is 2. The lowest BCUT2D eigenvalue weighted by atomic mass is 10.1. The normalized spacial score (nSPS) is 14.0. The molecule has 0 aromatic rings. The zero-order valence-corrected chi connectivity index (χ0v) is 12.6. The second-order valence-electron chi connectivity index (χ2n) is 3.12. The number of esters is 2. The first-order chi connectivity index (χ1) is 7.50. The SMILES string of the molecule is CCOC(=O)CCC(Br)(CBr)C(=O)OCC. The van der Waals surface area contributed by atoms with Crippen LogP contribution in [0.15, 0.2) is 0 Å². The van der Waals surface area contributed by atoms with E-state index in [0.29, 0.717) is 25.0 Å². The molecule has 0 aliphatic carbocycles. The maximum Gasteiger partial charge on any atom is 0.323 e. The molecule has 0 radical (unpaired) electrons. The van der Waals surface area contributed by atoms with Gasteiger partial charge in [0.2, 0.25) is 0 Å². The van der Waals surface area contributed by atoms with Crippen LogP contribution in [-0.2, 0) is 19.1 Å². The van der Waals surface area contributed by atoms with Crippen molar-refractivity contribution in [3.05, 3.63) is 0 Å². The first kappa shape index (κ1) is 15.9. The summed E-state index contributed by atoms with van der Waals surface area (Å²) in [4.78, 5) is 22.8. The highest BCUT2D eigenvalue weighted by molar-refractivity contribution is 9.12. The van der Waals surface area contributed by atoms with Gasteiger partial charge in [0.15, 0.2) is 0 Å². The lowest BCUT2D eigenvalue weighted by Crippen LogP contribution is -2.36. The summed E-state index contributed by atoms with van der Waals surface area (Å²) in [6.45, 7) is 4.15. The molecule has 6 heteroatoms. The van der Waals surface area contributed by atoms with Crippen LogP contribution in [0.3, 0.4) is 0 Å². The van der Waals surface area contributed by atoms with Crippen molar-refractivity contribution in [2.45, 2.75) is 31.0 Å². The van der Waals surface area contributed by atoms with E-state index in [-0.39, 0.29) is 18.4 Å². The Hall–Kier alpha value is -0.100. The third-order valence-electron chi connectivity index (χ3n) is 1.88. The van der Waals surface area contributed by atoms with Crippen molar-refractivity contribution in [2.75, 3.05) is 18.5 Å². The number of rotatable bonds is 7. The summed E-state index contributed by atoms with van der Waals surface area (Å²) in [6, 6.07) is 0. The van der Waals surface area contributed by atoms with Crippen LogP contribution in [0, 0.1) is 0 Å². The lowest BCUT2D eigenvalue weighted by molar-refractivity contribution is -0.146. The van der Waals surface area contributed by atoms with Gasteiger partial charge in [0, 0.05) is 11.8 Å².